The van der Waals surface area contributed by atoms with Gasteiger partial charge in [-0.05, 0) is 37.1 Å². The molecule has 0 bridgehead atoms. The molecule has 0 atom stereocenters. The van der Waals surface area contributed by atoms with Crippen LogP contribution in [0.2, 0.25) is 5.02 Å². The number of hydrogen-bond acceptors (Lipinski definition) is 5. The number of alkyl halides is 3. The second-order valence-corrected chi connectivity index (χ2v) is 10.2. The fourth-order valence-electron chi connectivity index (χ4n) is 4.36. The lowest BCUT2D eigenvalue weighted by molar-refractivity contribution is -0.143. The van der Waals surface area contributed by atoms with Crippen molar-refractivity contribution in [2.75, 3.05) is 31.5 Å². The predicted molar refractivity (Wildman–Crippen MR) is 132 cm³/mol. The molecule has 1 saturated carbocycles. The third-order valence-corrected chi connectivity index (χ3v) is 7.21. The number of fused-ring (bicyclic) bond motifs is 1. The Morgan fingerprint density at radius 3 is 2.42 bits per heavy atom. The maximum Gasteiger partial charge on any atom is 0.433 e. The quantitative estimate of drug-likeness (QED) is 0.522. The summed E-state index contributed by atoms with van der Waals surface area (Å²) >= 11 is 6.28. The van der Waals surface area contributed by atoms with Crippen molar-refractivity contribution in [3.8, 4) is 0 Å². The lowest BCUT2D eigenvalue weighted by Gasteiger charge is -2.36. The molecule has 9 nitrogen and oxygen atoms in total. The number of hydrogen-bond donors (Lipinski definition) is 1. The number of amides is 3. The smallest absolute Gasteiger partial charge is 0.339 e. The van der Waals surface area contributed by atoms with Crippen LogP contribution in [0.1, 0.15) is 35.9 Å². The molecular formula is C25H24ClF3N6O3. The van der Waals surface area contributed by atoms with Gasteiger partial charge in [0.25, 0.3) is 5.91 Å². The molecule has 3 heterocycles. The number of rotatable bonds is 5. The second-order valence-electron chi connectivity index (χ2n) is 9.81. The zero-order valence-corrected chi connectivity index (χ0v) is 21.1. The molecule has 3 amide bonds. The minimum Gasteiger partial charge on any atom is -0.339 e. The first-order valence-corrected chi connectivity index (χ1v) is 12.4. The van der Waals surface area contributed by atoms with E-state index in [4.69, 9.17) is 11.6 Å². The molecule has 1 aliphatic heterocycles. The number of carbonyl (C=O) groups is 3. The zero-order chi connectivity index (χ0) is 27.2. The maximum absolute atomic E-state index is 12.9. The molecule has 5 rings (SSSR count). The van der Waals surface area contributed by atoms with Crippen LogP contribution in [0.15, 0.2) is 36.5 Å². The Morgan fingerprint density at radius 1 is 1.08 bits per heavy atom. The van der Waals surface area contributed by atoms with Crippen LogP contribution < -0.4 is 5.32 Å². The van der Waals surface area contributed by atoms with E-state index in [1.165, 1.54) is 22.9 Å². The highest BCUT2D eigenvalue weighted by molar-refractivity contribution is 6.34. The minimum atomic E-state index is -4.68. The van der Waals surface area contributed by atoms with Gasteiger partial charge in [-0.2, -0.15) is 18.3 Å². The Kier molecular flexibility index (Phi) is 6.54. The number of benzene rings is 1. The van der Waals surface area contributed by atoms with Gasteiger partial charge in [0.05, 0.1) is 16.2 Å². The van der Waals surface area contributed by atoms with Gasteiger partial charge in [-0.15, -0.1) is 0 Å². The summed E-state index contributed by atoms with van der Waals surface area (Å²) in [6.07, 6.45) is -1.24. The summed E-state index contributed by atoms with van der Waals surface area (Å²) < 4.78 is 40.3. The first-order valence-electron chi connectivity index (χ1n) is 12.0. The minimum absolute atomic E-state index is 0.0200. The average molecular weight is 549 g/mol. The van der Waals surface area contributed by atoms with E-state index < -0.39 is 23.5 Å². The summed E-state index contributed by atoms with van der Waals surface area (Å²) in [5.74, 6) is -0.836. The summed E-state index contributed by atoms with van der Waals surface area (Å²) in [6, 6.07) is 6.07. The van der Waals surface area contributed by atoms with Crippen LogP contribution in [-0.2, 0) is 22.3 Å². The standard InChI is InChI=1S/C25H24ClF3N6O3/c1-24(5-6-24)23(38)34-9-7-33(8-10-34)21(36)14-35-13-15-11-19(16(26)12-18(15)32-35)31-22(37)17-3-2-4-20(30-17)25(27,28)29/h2-4,11-13H,5-10,14H2,1H3,(H,31,37). The summed E-state index contributed by atoms with van der Waals surface area (Å²) in [7, 11) is 0. The van der Waals surface area contributed by atoms with E-state index in [2.05, 4.69) is 15.4 Å². The molecule has 1 saturated heterocycles. The molecule has 1 aromatic carbocycles. The van der Waals surface area contributed by atoms with E-state index in [9.17, 15) is 27.6 Å². The van der Waals surface area contributed by atoms with Crippen molar-refractivity contribution in [1.82, 2.24) is 24.6 Å². The van der Waals surface area contributed by atoms with Crippen molar-refractivity contribution < 1.29 is 27.6 Å². The van der Waals surface area contributed by atoms with E-state index in [-0.39, 0.29) is 34.5 Å². The van der Waals surface area contributed by atoms with E-state index in [1.54, 1.807) is 11.1 Å². The van der Waals surface area contributed by atoms with Crippen molar-refractivity contribution in [3.05, 3.63) is 52.9 Å². The highest BCUT2D eigenvalue weighted by atomic mass is 35.5. The molecule has 13 heteroatoms. The fraction of sp³-hybridized carbons (Fsp3) is 0.400. The van der Waals surface area contributed by atoms with Crippen LogP contribution >= 0.6 is 11.6 Å². The van der Waals surface area contributed by atoms with Crippen LogP contribution in [0.5, 0.6) is 0 Å². The Labute approximate surface area is 220 Å². The van der Waals surface area contributed by atoms with Crippen molar-refractivity contribution >= 4 is 45.9 Å². The largest absolute Gasteiger partial charge is 0.433 e. The number of carbonyl (C=O) groups excluding carboxylic acids is 3. The highest BCUT2D eigenvalue weighted by Crippen LogP contribution is 2.46. The van der Waals surface area contributed by atoms with Crippen LogP contribution in [0.3, 0.4) is 0 Å². The summed E-state index contributed by atoms with van der Waals surface area (Å²) in [4.78, 5) is 44.8. The number of anilines is 1. The number of piperazine rings is 1. The van der Waals surface area contributed by atoms with Crippen LogP contribution in [0.25, 0.3) is 10.9 Å². The average Bonchev–Trinajstić information content (AvgIpc) is 3.52. The highest BCUT2D eigenvalue weighted by Gasteiger charge is 2.47. The van der Waals surface area contributed by atoms with Gasteiger partial charge < -0.3 is 15.1 Å². The van der Waals surface area contributed by atoms with E-state index in [1.807, 2.05) is 11.8 Å². The van der Waals surface area contributed by atoms with Gasteiger partial charge in [0.2, 0.25) is 11.8 Å². The zero-order valence-electron chi connectivity index (χ0n) is 20.4. The normalized spacial score (nSPS) is 17.0. The summed E-state index contributed by atoms with van der Waals surface area (Å²) in [6.45, 7) is 3.86. The predicted octanol–water partition coefficient (Wildman–Crippen LogP) is 3.83. The number of halogens is 4. The maximum atomic E-state index is 12.9. The van der Waals surface area contributed by atoms with Crippen molar-refractivity contribution in [1.29, 1.82) is 0 Å². The Hall–Kier alpha value is -3.67. The molecule has 3 aromatic rings. The van der Waals surface area contributed by atoms with Gasteiger partial charge in [0.15, 0.2) is 0 Å². The van der Waals surface area contributed by atoms with E-state index in [0.29, 0.717) is 37.1 Å². The molecule has 0 spiro atoms. The first-order chi connectivity index (χ1) is 17.9. The molecular weight excluding hydrogens is 525 g/mol. The lowest BCUT2D eigenvalue weighted by atomic mass is 10.1. The van der Waals surface area contributed by atoms with Gasteiger partial charge in [-0.25, -0.2) is 4.98 Å². The summed E-state index contributed by atoms with van der Waals surface area (Å²) in [5, 5.41) is 7.56. The van der Waals surface area contributed by atoms with Crippen molar-refractivity contribution in [2.24, 2.45) is 5.41 Å². The van der Waals surface area contributed by atoms with Gasteiger partial charge in [-0.3, -0.25) is 19.1 Å². The first kappa shape index (κ1) is 26.0. The topological polar surface area (TPSA) is 100 Å². The number of pyridine rings is 1. The number of nitrogens with zero attached hydrogens (tertiary/aromatic N) is 5. The van der Waals surface area contributed by atoms with Crippen LogP contribution in [0.4, 0.5) is 18.9 Å². The lowest BCUT2D eigenvalue weighted by Crippen LogP contribution is -2.52. The Morgan fingerprint density at radius 2 is 1.76 bits per heavy atom. The van der Waals surface area contributed by atoms with Gasteiger partial charge in [0, 0.05) is 43.2 Å². The second kappa shape index (κ2) is 9.57. The van der Waals surface area contributed by atoms with Gasteiger partial charge >= 0.3 is 6.18 Å². The molecule has 1 aliphatic carbocycles. The van der Waals surface area contributed by atoms with Gasteiger partial charge in [0.1, 0.15) is 17.9 Å². The Bertz CT molecular complexity index is 1430. The molecule has 38 heavy (non-hydrogen) atoms. The Balaban J connectivity index is 1.24. The SMILES string of the molecule is CC1(C(=O)N2CCN(C(=O)Cn3cc4cc(NC(=O)c5cccc(C(F)(F)F)n5)c(Cl)cc4n3)CC2)CC1. The number of aromatic nitrogens is 3. The monoisotopic (exact) mass is 548 g/mol. The van der Waals surface area contributed by atoms with Crippen LogP contribution in [-0.4, -0.2) is 68.5 Å². The van der Waals surface area contributed by atoms with E-state index >= 15 is 0 Å². The third-order valence-electron chi connectivity index (χ3n) is 6.89. The molecule has 2 fully saturated rings. The molecule has 0 unspecified atom stereocenters. The summed E-state index contributed by atoms with van der Waals surface area (Å²) in [5.41, 5.74) is -1.18. The van der Waals surface area contributed by atoms with Gasteiger partial charge in [-0.1, -0.05) is 24.6 Å². The molecule has 2 aliphatic rings. The fourth-order valence-corrected chi connectivity index (χ4v) is 4.57. The molecule has 1 N–H and O–H groups in total. The molecule has 200 valence electrons. The third kappa shape index (κ3) is 5.31. The number of nitrogens with one attached hydrogen (secondary N) is 1. The molecule has 2 aromatic heterocycles. The van der Waals surface area contributed by atoms with E-state index in [0.717, 1.165) is 25.0 Å². The van der Waals surface area contributed by atoms with Crippen molar-refractivity contribution in [3.63, 3.8) is 0 Å². The van der Waals surface area contributed by atoms with Crippen LogP contribution in [0, 0.1) is 5.41 Å². The molecule has 0 radical (unpaired) electrons. The van der Waals surface area contributed by atoms with Crippen molar-refractivity contribution in [2.45, 2.75) is 32.5 Å².